The van der Waals surface area contributed by atoms with E-state index in [1.54, 1.807) is 0 Å². The van der Waals surface area contributed by atoms with Crippen molar-refractivity contribution in [3.05, 3.63) is 22.7 Å². The van der Waals surface area contributed by atoms with Gasteiger partial charge in [0.05, 0.1) is 5.02 Å². The molecule has 2 atom stereocenters. The maximum atomic E-state index is 6.27. The molecule has 110 valence electrons. The van der Waals surface area contributed by atoms with Gasteiger partial charge in [-0.2, -0.15) is 0 Å². The van der Waals surface area contributed by atoms with E-state index < -0.39 is 0 Å². The molecule has 20 heavy (non-hydrogen) atoms. The molecule has 0 bridgehead atoms. The lowest BCUT2D eigenvalue weighted by Gasteiger charge is -2.35. The molecule has 0 aliphatic carbocycles. The second kappa shape index (κ2) is 5.80. The van der Waals surface area contributed by atoms with Crippen LogP contribution in [0.3, 0.4) is 0 Å². The van der Waals surface area contributed by atoms with Crippen LogP contribution in [0.25, 0.3) is 0 Å². The standard InChI is InChI=1S/C15H21ClN2O2/c1-10-8-18(3-2-13(10)17)9-11-6-12(16)15-14(7-11)19-4-5-20-15/h6-7,10,13H,2-5,8-9,17H2,1H3/t10-,13-/m0/s1. The molecule has 2 aliphatic rings. The molecule has 1 saturated heterocycles. The van der Waals surface area contributed by atoms with E-state index in [2.05, 4.69) is 11.8 Å². The van der Waals surface area contributed by atoms with Crippen molar-refractivity contribution in [2.75, 3.05) is 26.3 Å². The smallest absolute Gasteiger partial charge is 0.179 e. The van der Waals surface area contributed by atoms with Crippen molar-refractivity contribution in [2.24, 2.45) is 11.7 Å². The van der Waals surface area contributed by atoms with E-state index in [-0.39, 0.29) is 0 Å². The number of hydrogen-bond acceptors (Lipinski definition) is 4. The van der Waals surface area contributed by atoms with Gasteiger partial charge in [-0.05, 0) is 36.6 Å². The van der Waals surface area contributed by atoms with Crippen molar-refractivity contribution in [2.45, 2.75) is 25.9 Å². The average Bonchev–Trinajstić information content (AvgIpc) is 2.43. The fraction of sp³-hybridized carbons (Fsp3) is 0.600. The van der Waals surface area contributed by atoms with Crippen LogP contribution in [0.2, 0.25) is 5.02 Å². The summed E-state index contributed by atoms with van der Waals surface area (Å²) in [5, 5.41) is 0.638. The maximum absolute atomic E-state index is 6.27. The molecule has 1 aromatic carbocycles. The molecule has 3 rings (SSSR count). The Morgan fingerprint density at radius 2 is 2.15 bits per heavy atom. The molecule has 2 aliphatic heterocycles. The SMILES string of the molecule is C[C@H]1CN(Cc2cc(Cl)c3c(c2)OCCO3)CC[C@@H]1N. The minimum absolute atomic E-state index is 0.329. The largest absolute Gasteiger partial charge is 0.486 e. The first-order valence-corrected chi connectivity index (χ1v) is 7.57. The van der Waals surface area contributed by atoms with Gasteiger partial charge in [-0.25, -0.2) is 0 Å². The van der Waals surface area contributed by atoms with Gasteiger partial charge in [0.2, 0.25) is 0 Å². The minimum Gasteiger partial charge on any atom is -0.486 e. The Bertz CT molecular complexity index is 495. The zero-order valence-corrected chi connectivity index (χ0v) is 12.5. The van der Waals surface area contributed by atoms with E-state index in [1.165, 1.54) is 5.56 Å². The van der Waals surface area contributed by atoms with Gasteiger partial charge >= 0.3 is 0 Å². The summed E-state index contributed by atoms with van der Waals surface area (Å²) in [5.74, 6) is 1.98. The maximum Gasteiger partial charge on any atom is 0.179 e. The van der Waals surface area contributed by atoms with Crippen LogP contribution in [0.4, 0.5) is 0 Å². The Balaban J connectivity index is 1.73. The molecular formula is C15H21ClN2O2. The highest BCUT2D eigenvalue weighted by atomic mass is 35.5. The van der Waals surface area contributed by atoms with Crippen LogP contribution < -0.4 is 15.2 Å². The van der Waals surface area contributed by atoms with E-state index in [0.29, 0.717) is 35.9 Å². The van der Waals surface area contributed by atoms with Gasteiger partial charge in [0.15, 0.2) is 11.5 Å². The van der Waals surface area contributed by atoms with Gasteiger partial charge in [0.25, 0.3) is 0 Å². The Hall–Kier alpha value is -0.970. The lowest BCUT2D eigenvalue weighted by molar-refractivity contribution is 0.156. The van der Waals surface area contributed by atoms with E-state index in [9.17, 15) is 0 Å². The third-order valence-corrected chi connectivity index (χ3v) is 4.40. The number of likely N-dealkylation sites (tertiary alicyclic amines) is 1. The van der Waals surface area contributed by atoms with Crippen LogP contribution in [0.1, 0.15) is 18.9 Å². The number of ether oxygens (including phenoxy) is 2. The summed E-state index contributed by atoms with van der Waals surface area (Å²) >= 11 is 6.27. The van der Waals surface area contributed by atoms with E-state index in [4.69, 9.17) is 26.8 Å². The van der Waals surface area contributed by atoms with Gasteiger partial charge in [-0.3, -0.25) is 4.90 Å². The Labute approximate surface area is 124 Å². The fourth-order valence-electron chi connectivity index (χ4n) is 2.91. The Morgan fingerprint density at radius 3 is 2.95 bits per heavy atom. The molecule has 0 amide bonds. The van der Waals surface area contributed by atoms with Crippen LogP contribution in [-0.2, 0) is 6.54 Å². The highest BCUT2D eigenvalue weighted by Gasteiger charge is 2.24. The zero-order valence-electron chi connectivity index (χ0n) is 11.8. The molecule has 0 radical (unpaired) electrons. The predicted molar refractivity (Wildman–Crippen MR) is 79.5 cm³/mol. The highest BCUT2D eigenvalue weighted by molar-refractivity contribution is 6.32. The van der Waals surface area contributed by atoms with Gasteiger partial charge < -0.3 is 15.2 Å². The second-order valence-corrected chi connectivity index (χ2v) is 6.17. The van der Waals surface area contributed by atoms with Crippen molar-refractivity contribution in [3.8, 4) is 11.5 Å². The average molecular weight is 297 g/mol. The molecular weight excluding hydrogens is 276 g/mol. The van der Waals surface area contributed by atoms with Crippen molar-refractivity contribution < 1.29 is 9.47 Å². The first-order valence-electron chi connectivity index (χ1n) is 7.19. The van der Waals surface area contributed by atoms with Crippen molar-refractivity contribution in [1.82, 2.24) is 4.90 Å². The molecule has 1 aromatic rings. The van der Waals surface area contributed by atoms with Crippen LogP contribution in [-0.4, -0.2) is 37.2 Å². The van der Waals surface area contributed by atoms with E-state index in [0.717, 1.165) is 31.8 Å². The minimum atomic E-state index is 0.329. The number of halogens is 1. The summed E-state index contributed by atoms with van der Waals surface area (Å²) in [5.41, 5.74) is 7.23. The number of benzene rings is 1. The second-order valence-electron chi connectivity index (χ2n) is 5.77. The number of hydrogen-bond donors (Lipinski definition) is 1. The van der Waals surface area contributed by atoms with Crippen molar-refractivity contribution in [1.29, 1.82) is 0 Å². The number of fused-ring (bicyclic) bond motifs is 1. The number of nitrogens with zero attached hydrogens (tertiary/aromatic N) is 1. The Kier molecular flexibility index (Phi) is 4.06. The van der Waals surface area contributed by atoms with Crippen LogP contribution in [0.15, 0.2) is 12.1 Å². The van der Waals surface area contributed by atoms with E-state index in [1.807, 2.05) is 12.1 Å². The monoisotopic (exact) mass is 296 g/mol. The first kappa shape index (κ1) is 14.0. The van der Waals surface area contributed by atoms with Gasteiger partial charge in [-0.15, -0.1) is 0 Å². The zero-order chi connectivity index (χ0) is 14.1. The highest BCUT2D eigenvalue weighted by Crippen LogP contribution is 2.38. The number of rotatable bonds is 2. The molecule has 0 aromatic heterocycles. The summed E-state index contributed by atoms with van der Waals surface area (Å²) in [6, 6.07) is 4.35. The van der Waals surface area contributed by atoms with Gasteiger partial charge in [0.1, 0.15) is 13.2 Å². The molecule has 0 unspecified atom stereocenters. The van der Waals surface area contributed by atoms with Crippen molar-refractivity contribution in [3.63, 3.8) is 0 Å². The topological polar surface area (TPSA) is 47.7 Å². The first-order chi connectivity index (χ1) is 9.63. The van der Waals surface area contributed by atoms with Crippen molar-refractivity contribution >= 4 is 11.6 Å². The van der Waals surface area contributed by atoms with Crippen LogP contribution in [0, 0.1) is 5.92 Å². The molecule has 2 N–H and O–H groups in total. The van der Waals surface area contributed by atoms with Gasteiger partial charge in [0, 0.05) is 19.1 Å². The summed E-state index contributed by atoms with van der Waals surface area (Å²) in [4.78, 5) is 2.43. The predicted octanol–water partition coefficient (Wildman–Crippen LogP) is 2.28. The number of piperidine rings is 1. The van der Waals surface area contributed by atoms with E-state index >= 15 is 0 Å². The summed E-state index contributed by atoms with van der Waals surface area (Å²) in [7, 11) is 0. The van der Waals surface area contributed by atoms with Crippen LogP contribution in [0.5, 0.6) is 11.5 Å². The molecule has 1 fully saturated rings. The summed E-state index contributed by atoms with van der Waals surface area (Å²) in [6.45, 7) is 6.32. The third kappa shape index (κ3) is 2.87. The molecule has 5 heteroatoms. The fourth-order valence-corrected chi connectivity index (χ4v) is 3.20. The molecule has 0 saturated carbocycles. The third-order valence-electron chi connectivity index (χ3n) is 4.12. The Morgan fingerprint density at radius 1 is 1.35 bits per heavy atom. The van der Waals surface area contributed by atoms with Crippen LogP contribution >= 0.6 is 11.6 Å². The summed E-state index contributed by atoms with van der Waals surface area (Å²) in [6.07, 6.45) is 1.06. The lowest BCUT2D eigenvalue weighted by Crippen LogP contribution is -2.45. The lowest BCUT2D eigenvalue weighted by atomic mass is 9.94. The molecule has 2 heterocycles. The quantitative estimate of drug-likeness (QED) is 0.909. The molecule has 4 nitrogen and oxygen atoms in total. The summed E-state index contributed by atoms with van der Waals surface area (Å²) < 4.78 is 11.2. The normalized spacial score (nSPS) is 26.6. The number of nitrogens with two attached hydrogens (primary N) is 1. The van der Waals surface area contributed by atoms with Gasteiger partial charge in [-0.1, -0.05) is 18.5 Å². The molecule has 0 spiro atoms.